The monoisotopic (exact) mass is 329 g/mol. The molecule has 0 saturated carbocycles. The van der Waals surface area contributed by atoms with E-state index in [1.807, 2.05) is 0 Å². The summed E-state index contributed by atoms with van der Waals surface area (Å²) in [7, 11) is 0. The molecule has 0 spiro atoms. The van der Waals surface area contributed by atoms with Crippen LogP contribution >= 0.6 is 0 Å². The topological polar surface area (TPSA) is 49.3 Å². The maximum atomic E-state index is 10.1. The third kappa shape index (κ3) is 23.8. The van der Waals surface area contributed by atoms with Crippen LogP contribution in [0.15, 0.2) is 0 Å². The maximum Gasteiger partial charge on any atom is 0.303 e. The van der Waals surface area contributed by atoms with Crippen molar-refractivity contribution >= 4 is 5.97 Å². The molecule has 140 valence electrons. The van der Waals surface area contributed by atoms with Crippen molar-refractivity contribution in [2.75, 3.05) is 0 Å². The van der Waals surface area contributed by atoms with Crippen molar-refractivity contribution in [2.24, 2.45) is 0 Å². The van der Waals surface area contributed by atoms with Gasteiger partial charge in [-0.1, -0.05) is 72.1 Å². The molecule has 0 aliphatic carbocycles. The Morgan fingerprint density at radius 2 is 1.22 bits per heavy atom. The number of carbonyl (C=O) groups is 1. The second kappa shape index (κ2) is 19.5. The molecular weight excluding hydrogens is 286 g/mol. The zero-order chi connectivity index (χ0) is 17.9. The molecule has 0 aliphatic rings. The Kier molecular flexibility index (Phi) is 20.9. The van der Waals surface area contributed by atoms with Crippen LogP contribution in [-0.2, 0) is 4.79 Å². The normalized spacial score (nSPS) is 13.1. The fourth-order valence-corrected chi connectivity index (χ4v) is 2.75. The number of hydrogen-bond acceptors (Lipinski definition) is 2. The Balaban J connectivity index is 0. The number of rotatable bonds is 14. The van der Waals surface area contributed by atoms with Gasteiger partial charge in [0.2, 0.25) is 0 Å². The summed E-state index contributed by atoms with van der Waals surface area (Å²) < 4.78 is 0. The second-order valence-electron chi connectivity index (χ2n) is 6.81. The SMILES string of the molecule is CCCC(C)NC(C)CCC.CCCCCCCCCC(=O)O. The van der Waals surface area contributed by atoms with E-state index >= 15 is 0 Å². The summed E-state index contributed by atoms with van der Waals surface area (Å²) in [5.74, 6) is -0.663. The summed E-state index contributed by atoms with van der Waals surface area (Å²) in [5, 5.41) is 11.9. The van der Waals surface area contributed by atoms with E-state index in [0.29, 0.717) is 18.5 Å². The second-order valence-corrected chi connectivity index (χ2v) is 6.81. The number of nitrogens with one attached hydrogen (secondary N) is 1. The van der Waals surface area contributed by atoms with Crippen LogP contribution in [0, 0.1) is 0 Å². The minimum Gasteiger partial charge on any atom is -0.481 e. The Hall–Kier alpha value is -0.570. The van der Waals surface area contributed by atoms with Crippen molar-refractivity contribution in [1.82, 2.24) is 5.32 Å². The maximum absolute atomic E-state index is 10.1. The van der Waals surface area contributed by atoms with Crippen molar-refractivity contribution in [1.29, 1.82) is 0 Å². The summed E-state index contributed by atoms with van der Waals surface area (Å²) >= 11 is 0. The van der Waals surface area contributed by atoms with E-state index in [1.54, 1.807) is 0 Å². The predicted molar refractivity (Wildman–Crippen MR) is 102 cm³/mol. The molecule has 2 N–H and O–H groups in total. The number of carboxylic acids is 1. The van der Waals surface area contributed by atoms with E-state index in [0.717, 1.165) is 12.8 Å². The van der Waals surface area contributed by atoms with Gasteiger partial charge < -0.3 is 10.4 Å². The molecule has 0 aromatic carbocycles. The van der Waals surface area contributed by atoms with Crippen LogP contribution in [0.4, 0.5) is 0 Å². The Morgan fingerprint density at radius 3 is 1.61 bits per heavy atom. The van der Waals surface area contributed by atoms with Gasteiger partial charge in [0.05, 0.1) is 0 Å². The van der Waals surface area contributed by atoms with E-state index < -0.39 is 5.97 Å². The molecule has 0 amide bonds. The summed E-state index contributed by atoms with van der Waals surface area (Å²) in [6, 6.07) is 1.39. The Bertz CT molecular complexity index is 234. The van der Waals surface area contributed by atoms with Crippen molar-refractivity contribution in [3.63, 3.8) is 0 Å². The van der Waals surface area contributed by atoms with Gasteiger partial charge in [-0.3, -0.25) is 4.79 Å². The first kappa shape index (κ1) is 24.7. The molecule has 0 aliphatic heterocycles. The third-order valence-electron chi connectivity index (χ3n) is 4.01. The molecule has 0 fully saturated rings. The highest BCUT2D eigenvalue weighted by molar-refractivity contribution is 5.66. The van der Waals surface area contributed by atoms with Crippen LogP contribution in [0.3, 0.4) is 0 Å². The lowest BCUT2D eigenvalue weighted by atomic mass is 10.1. The van der Waals surface area contributed by atoms with Crippen LogP contribution in [0.1, 0.15) is 112 Å². The van der Waals surface area contributed by atoms with Gasteiger partial charge >= 0.3 is 5.97 Å². The molecule has 0 rings (SSSR count). The first-order chi connectivity index (χ1) is 11.0. The highest BCUT2D eigenvalue weighted by atomic mass is 16.4. The van der Waals surface area contributed by atoms with Crippen molar-refractivity contribution in [2.45, 2.75) is 124 Å². The largest absolute Gasteiger partial charge is 0.481 e. The van der Waals surface area contributed by atoms with Gasteiger partial charge in [-0.25, -0.2) is 0 Å². The standard InChI is InChI=1S/C10H23N.C10H20O2/c1-5-7-9(3)11-10(4)8-6-2;1-2-3-4-5-6-7-8-9-10(11)12/h9-11H,5-8H2,1-4H3;2-9H2,1H3,(H,11,12). The minimum absolute atomic E-state index is 0.341. The zero-order valence-electron chi connectivity index (χ0n) is 16.5. The van der Waals surface area contributed by atoms with E-state index in [4.69, 9.17) is 5.11 Å². The number of carboxylic acid groups (broad SMARTS) is 1. The molecule has 0 radical (unpaired) electrons. The zero-order valence-corrected chi connectivity index (χ0v) is 16.5. The average molecular weight is 330 g/mol. The number of aliphatic carboxylic acids is 1. The van der Waals surface area contributed by atoms with Gasteiger partial charge in [0.15, 0.2) is 0 Å². The van der Waals surface area contributed by atoms with E-state index in [-0.39, 0.29) is 0 Å². The van der Waals surface area contributed by atoms with Crippen LogP contribution < -0.4 is 5.32 Å². The first-order valence-electron chi connectivity index (χ1n) is 9.95. The molecule has 3 heteroatoms. The fourth-order valence-electron chi connectivity index (χ4n) is 2.75. The minimum atomic E-state index is -0.663. The molecule has 2 atom stereocenters. The molecule has 2 unspecified atom stereocenters. The quantitative estimate of drug-likeness (QED) is 0.375. The lowest BCUT2D eigenvalue weighted by Gasteiger charge is -2.18. The first-order valence-corrected chi connectivity index (χ1v) is 9.95. The smallest absolute Gasteiger partial charge is 0.303 e. The number of unbranched alkanes of at least 4 members (excludes halogenated alkanes) is 6. The van der Waals surface area contributed by atoms with Gasteiger partial charge in [0.25, 0.3) is 0 Å². The molecular formula is C20H43NO2. The average Bonchev–Trinajstić information content (AvgIpc) is 2.47. The molecule has 0 aromatic rings. The molecule has 0 heterocycles. The van der Waals surface area contributed by atoms with Crippen LogP contribution in [0.5, 0.6) is 0 Å². The molecule has 0 aromatic heterocycles. The van der Waals surface area contributed by atoms with Crippen LogP contribution in [0.2, 0.25) is 0 Å². The van der Waals surface area contributed by atoms with Crippen molar-refractivity contribution in [3.05, 3.63) is 0 Å². The highest BCUT2D eigenvalue weighted by Gasteiger charge is 2.04. The summed E-state index contributed by atoms with van der Waals surface area (Å²) in [5.41, 5.74) is 0. The van der Waals surface area contributed by atoms with Gasteiger partial charge in [-0.2, -0.15) is 0 Å². The predicted octanol–water partition coefficient (Wildman–Crippen LogP) is 6.16. The summed E-state index contributed by atoms with van der Waals surface area (Å²) in [6.07, 6.45) is 13.8. The molecule has 3 nitrogen and oxygen atoms in total. The van der Waals surface area contributed by atoms with Gasteiger partial charge in [-0.05, 0) is 33.1 Å². The Labute approximate surface area is 145 Å². The van der Waals surface area contributed by atoms with E-state index in [9.17, 15) is 4.79 Å². The van der Waals surface area contributed by atoms with Gasteiger partial charge in [0, 0.05) is 18.5 Å². The molecule has 23 heavy (non-hydrogen) atoms. The summed E-state index contributed by atoms with van der Waals surface area (Å²) in [6.45, 7) is 11.2. The third-order valence-corrected chi connectivity index (χ3v) is 4.01. The molecule has 0 bridgehead atoms. The van der Waals surface area contributed by atoms with E-state index in [2.05, 4.69) is 39.9 Å². The van der Waals surface area contributed by atoms with Crippen molar-refractivity contribution in [3.8, 4) is 0 Å². The van der Waals surface area contributed by atoms with Gasteiger partial charge in [0.1, 0.15) is 0 Å². The van der Waals surface area contributed by atoms with Crippen LogP contribution in [-0.4, -0.2) is 23.2 Å². The summed E-state index contributed by atoms with van der Waals surface area (Å²) in [4.78, 5) is 10.1. The number of hydrogen-bond donors (Lipinski definition) is 2. The lowest BCUT2D eigenvalue weighted by Crippen LogP contribution is -2.34. The lowest BCUT2D eigenvalue weighted by molar-refractivity contribution is -0.137. The van der Waals surface area contributed by atoms with E-state index in [1.165, 1.54) is 57.8 Å². The van der Waals surface area contributed by atoms with Crippen LogP contribution in [0.25, 0.3) is 0 Å². The van der Waals surface area contributed by atoms with Gasteiger partial charge in [-0.15, -0.1) is 0 Å². The molecule has 0 saturated heterocycles. The van der Waals surface area contributed by atoms with Crippen molar-refractivity contribution < 1.29 is 9.90 Å². The fraction of sp³-hybridized carbons (Fsp3) is 0.950. The Morgan fingerprint density at radius 1 is 0.783 bits per heavy atom. The highest BCUT2D eigenvalue weighted by Crippen LogP contribution is 2.08.